The maximum absolute atomic E-state index is 13.6. The second-order valence-electron chi connectivity index (χ2n) is 9.11. The molecule has 4 aromatic rings. The monoisotopic (exact) mass is 560 g/mol. The van der Waals surface area contributed by atoms with E-state index in [1.54, 1.807) is 24.4 Å². The maximum Gasteiger partial charge on any atom is 0.132 e. The van der Waals surface area contributed by atoms with Gasteiger partial charge in [0.05, 0.1) is 31.6 Å². The lowest BCUT2D eigenvalue weighted by Crippen LogP contribution is -2.55. The van der Waals surface area contributed by atoms with Crippen molar-refractivity contribution in [2.45, 2.75) is 42.4 Å². The van der Waals surface area contributed by atoms with Gasteiger partial charge in [0.25, 0.3) is 0 Å². The number of aliphatic hydroxyl groups excluding tert-OH is 4. The van der Waals surface area contributed by atoms with E-state index in [-0.39, 0.29) is 12.3 Å². The first-order chi connectivity index (χ1) is 18.8. The number of ether oxygens (including phenoxy) is 1. The normalized spacial score (nSPS) is 24.1. The molecule has 1 saturated heterocycles. The Hall–Kier alpha value is -3.27. The quantitative estimate of drug-likeness (QED) is 0.235. The number of benzene rings is 2. The number of thioether (sulfide) groups is 1. The lowest BCUT2D eigenvalue weighted by molar-refractivity contribution is -0.178. The summed E-state index contributed by atoms with van der Waals surface area (Å²) in [5.41, 5.74) is 0.890. The van der Waals surface area contributed by atoms with Gasteiger partial charge in [-0.05, 0) is 24.3 Å². The highest BCUT2D eigenvalue weighted by atomic mass is 32.2. The SMILES string of the molecule is OC[C@H]1O[C@@H](SC[C@@H](O)Cn2cc(-c3cccc(F)c3)nn2)[C@H](O)[C@@H](n2cc(-c3cccc(F)c3)nn2)[C@H]1O. The van der Waals surface area contributed by atoms with Gasteiger partial charge in [-0.2, -0.15) is 0 Å². The zero-order chi connectivity index (χ0) is 27.5. The standard InChI is InChI=1S/C25H26F2N6O5S/c26-16-5-1-3-14(7-16)19-10-32(30-28-19)9-18(35)13-39-25-24(37)22(23(36)21(12-34)38-25)33-11-20(29-31-33)15-4-2-6-17(27)8-15/h1-8,10-11,18,21-25,34-37H,9,12-13H2/t18-,21+,22-,23-,24+,25-/m0/s1. The molecular formula is C25H26F2N6O5S. The molecule has 2 aromatic carbocycles. The van der Waals surface area contributed by atoms with Crippen molar-refractivity contribution in [3.63, 3.8) is 0 Å². The number of rotatable bonds is 9. The Bertz CT molecular complexity index is 1410. The lowest BCUT2D eigenvalue weighted by Gasteiger charge is -2.42. The van der Waals surface area contributed by atoms with Crippen LogP contribution in [0.15, 0.2) is 60.9 Å². The van der Waals surface area contributed by atoms with Gasteiger partial charge in [-0.15, -0.1) is 22.0 Å². The Kier molecular flexibility index (Phi) is 8.30. The Morgan fingerprint density at radius 2 is 1.56 bits per heavy atom. The number of halogens is 2. The van der Waals surface area contributed by atoms with Crippen LogP contribution in [0.4, 0.5) is 8.78 Å². The van der Waals surface area contributed by atoms with Crippen LogP contribution in [-0.4, -0.2) is 92.6 Å². The van der Waals surface area contributed by atoms with Crippen LogP contribution in [-0.2, 0) is 11.3 Å². The third-order valence-electron chi connectivity index (χ3n) is 6.29. The van der Waals surface area contributed by atoms with Crippen LogP contribution in [0.25, 0.3) is 22.5 Å². The molecule has 14 heteroatoms. The summed E-state index contributed by atoms with van der Waals surface area (Å²) in [7, 11) is 0. The van der Waals surface area contributed by atoms with Gasteiger partial charge in [0.15, 0.2) is 0 Å². The van der Waals surface area contributed by atoms with E-state index >= 15 is 0 Å². The minimum absolute atomic E-state index is 0.0771. The first-order valence-corrected chi connectivity index (χ1v) is 13.1. The van der Waals surface area contributed by atoms with Gasteiger partial charge in [-0.1, -0.05) is 34.7 Å². The number of nitrogens with zero attached hydrogens (tertiary/aromatic N) is 6. The summed E-state index contributed by atoms with van der Waals surface area (Å²) in [6, 6.07) is 10.7. The highest BCUT2D eigenvalue weighted by Crippen LogP contribution is 2.35. The summed E-state index contributed by atoms with van der Waals surface area (Å²) in [6.07, 6.45) is -1.48. The first kappa shape index (κ1) is 27.3. The lowest BCUT2D eigenvalue weighted by atomic mass is 9.97. The summed E-state index contributed by atoms with van der Waals surface area (Å²) >= 11 is 1.10. The van der Waals surface area contributed by atoms with E-state index < -0.39 is 54.1 Å². The summed E-state index contributed by atoms with van der Waals surface area (Å²) in [5, 5.41) is 58.3. The van der Waals surface area contributed by atoms with Crippen LogP contribution in [0.1, 0.15) is 6.04 Å². The molecule has 0 spiro atoms. The summed E-state index contributed by atoms with van der Waals surface area (Å²) in [6.45, 7) is -0.440. The van der Waals surface area contributed by atoms with Crippen LogP contribution in [0, 0.1) is 11.6 Å². The summed E-state index contributed by atoms with van der Waals surface area (Å²) in [5.74, 6) is -0.728. The van der Waals surface area contributed by atoms with Gasteiger partial charge in [0.2, 0.25) is 0 Å². The van der Waals surface area contributed by atoms with Crippen LogP contribution in [0.5, 0.6) is 0 Å². The van der Waals surface area contributed by atoms with Gasteiger partial charge in [0, 0.05) is 16.9 Å². The van der Waals surface area contributed by atoms with Gasteiger partial charge < -0.3 is 25.2 Å². The van der Waals surface area contributed by atoms with Crippen molar-refractivity contribution in [2.24, 2.45) is 0 Å². The molecule has 2 aromatic heterocycles. The third-order valence-corrected chi connectivity index (χ3v) is 7.59. The highest BCUT2D eigenvalue weighted by molar-refractivity contribution is 7.99. The first-order valence-electron chi connectivity index (χ1n) is 12.1. The third kappa shape index (κ3) is 6.16. The van der Waals surface area contributed by atoms with Gasteiger partial charge in [-0.3, -0.25) is 0 Å². The van der Waals surface area contributed by atoms with E-state index in [9.17, 15) is 29.2 Å². The van der Waals surface area contributed by atoms with E-state index in [0.29, 0.717) is 22.5 Å². The minimum atomic E-state index is -1.31. The molecular weight excluding hydrogens is 534 g/mol. The van der Waals surface area contributed by atoms with Gasteiger partial charge >= 0.3 is 0 Å². The zero-order valence-electron chi connectivity index (χ0n) is 20.4. The van der Waals surface area contributed by atoms with Gasteiger partial charge in [0.1, 0.15) is 52.8 Å². The molecule has 4 N–H and O–H groups in total. The van der Waals surface area contributed by atoms with Crippen molar-refractivity contribution in [3.05, 3.63) is 72.6 Å². The molecule has 0 saturated carbocycles. The van der Waals surface area contributed by atoms with Crippen molar-refractivity contribution in [1.29, 1.82) is 0 Å². The average Bonchev–Trinajstić information content (AvgIpc) is 3.59. The van der Waals surface area contributed by atoms with Crippen molar-refractivity contribution >= 4 is 11.8 Å². The van der Waals surface area contributed by atoms with Crippen molar-refractivity contribution in [1.82, 2.24) is 30.0 Å². The predicted octanol–water partition coefficient (Wildman–Crippen LogP) is 1.26. The second-order valence-corrected chi connectivity index (χ2v) is 10.2. The molecule has 39 heavy (non-hydrogen) atoms. The topological polar surface area (TPSA) is 152 Å². The smallest absolute Gasteiger partial charge is 0.132 e. The predicted molar refractivity (Wildman–Crippen MR) is 136 cm³/mol. The minimum Gasteiger partial charge on any atom is -0.394 e. The van der Waals surface area contributed by atoms with E-state index in [2.05, 4.69) is 20.6 Å². The molecule has 1 fully saturated rings. The molecule has 1 aliphatic rings. The largest absolute Gasteiger partial charge is 0.394 e. The molecule has 0 amide bonds. The van der Waals surface area contributed by atoms with Crippen molar-refractivity contribution in [3.8, 4) is 22.5 Å². The Labute approximate surface area is 225 Å². The Morgan fingerprint density at radius 1 is 0.923 bits per heavy atom. The Balaban J connectivity index is 1.24. The van der Waals surface area contributed by atoms with E-state index in [1.165, 1.54) is 45.9 Å². The zero-order valence-corrected chi connectivity index (χ0v) is 21.2. The molecule has 1 aliphatic heterocycles. The number of aromatic nitrogens is 6. The fraction of sp³-hybridized carbons (Fsp3) is 0.360. The van der Waals surface area contributed by atoms with Crippen LogP contribution >= 0.6 is 11.8 Å². The van der Waals surface area contributed by atoms with E-state index in [1.807, 2.05) is 0 Å². The van der Waals surface area contributed by atoms with Crippen LogP contribution < -0.4 is 0 Å². The molecule has 11 nitrogen and oxygen atoms in total. The molecule has 0 aliphatic carbocycles. The second kappa shape index (κ2) is 11.9. The van der Waals surface area contributed by atoms with E-state index in [4.69, 9.17) is 4.74 Å². The van der Waals surface area contributed by atoms with Crippen LogP contribution in [0.3, 0.4) is 0 Å². The molecule has 206 valence electrons. The summed E-state index contributed by atoms with van der Waals surface area (Å²) < 4.78 is 35.6. The number of hydrogen-bond acceptors (Lipinski definition) is 10. The fourth-order valence-corrected chi connectivity index (χ4v) is 5.46. The Morgan fingerprint density at radius 3 is 2.21 bits per heavy atom. The fourth-order valence-electron chi connectivity index (χ4n) is 4.36. The molecule has 0 bridgehead atoms. The highest BCUT2D eigenvalue weighted by Gasteiger charge is 2.46. The van der Waals surface area contributed by atoms with Crippen molar-refractivity contribution in [2.75, 3.05) is 12.4 Å². The van der Waals surface area contributed by atoms with Crippen molar-refractivity contribution < 1.29 is 33.9 Å². The molecule has 0 unspecified atom stereocenters. The van der Waals surface area contributed by atoms with Crippen LogP contribution in [0.2, 0.25) is 0 Å². The summed E-state index contributed by atoms with van der Waals surface area (Å²) in [4.78, 5) is 0. The number of hydrogen-bond donors (Lipinski definition) is 4. The molecule has 6 atom stereocenters. The average molecular weight is 561 g/mol. The molecule has 3 heterocycles. The van der Waals surface area contributed by atoms with E-state index in [0.717, 1.165) is 11.8 Å². The maximum atomic E-state index is 13.6. The molecule has 0 radical (unpaired) electrons. The van der Waals surface area contributed by atoms with Gasteiger partial charge in [-0.25, -0.2) is 18.1 Å². The molecule has 5 rings (SSSR count). The number of aliphatic hydroxyl groups is 4.